The topological polar surface area (TPSA) is 87.8 Å². The summed E-state index contributed by atoms with van der Waals surface area (Å²) in [7, 11) is 3.10. The normalized spacial score (nSPS) is 11.0. The van der Waals surface area contributed by atoms with Crippen molar-refractivity contribution in [2.45, 2.75) is 17.5 Å². The average Bonchev–Trinajstić information content (AvgIpc) is 3.20. The Morgan fingerprint density at radius 3 is 2.83 bits per heavy atom. The van der Waals surface area contributed by atoms with Crippen molar-refractivity contribution in [2.24, 2.45) is 14.1 Å². The van der Waals surface area contributed by atoms with Gasteiger partial charge in [-0.25, -0.2) is 4.79 Å². The molecule has 3 aromatic heterocycles. The van der Waals surface area contributed by atoms with Gasteiger partial charge in [0, 0.05) is 31.6 Å². The lowest BCUT2D eigenvalue weighted by Crippen LogP contribution is -2.37. The van der Waals surface area contributed by atoms with E-state index in [0.717, 1.165) is 10.3 Å². The summed E-state index contributed by atoms with van der Waals surface area (Å²) in [4.78, 5) is 23.7. The molecule has 0 bridgehead atoms. The van der Waals surface area contributed by atoms with Crippen molar-refractivity contribution >= 4 is 11.8 Å². The molecule has 0 aliphatic heterocycles. The molecular weight excluding hydrogens is 318 g/mol. The zero-order chi connectivity index (χ0) is 16.4. The van der Waals surface area contributed by atoms with Crippen LogP contribution in [0.1, 0.15) is 11.5 Å². The molecule has 0 aliphatic carbocycles. The van der Waals surface area contributed by atoms with Crippen molar-refractivity contribution in [1.29, 1.82) is 0 Å². The number of thioether (sulfide) groups is 1. The average molecular weight is 333 g/mol. The van der Waals surface area contributed by atoms with Crippen molar-refractivity contribution in [3.05, 3.63) is 63.1 Å². The molecule has 3 heterocycles. The molecule has 120 valence electrons. The van der Waals surface area contributed by atoms with Crippen molar-refractivity contribution in [3.63, 3.8) is 0 Å². The molecule has 0 saturated carbocycles. The molecule has 23 heavy (non-hydrogen) atoms. The van der Waals surface area contributed by atoms with Gasteiger partial charge in [0.1, 0.15) is 12.1 Å². The van der Waals surface area contributed by atoms with Gasteiger partial charge >= 0.3 is 5.69 Å². The molecule has 0 atom stereocenters. The van der Waals surface area contributed by atoms with Crippen LogP contribution < -0.4 is 11.2 Å². The molecule has 0 radical (unpaired) electrons. The molecule has 0 N–H and O–H groups in total. The van der Waals surface area contributed by atoms with Crippen LogP contribution in [0, 0.1) is 0 Å². The molecule has 0 aliphatic rings. The Morgan fingerprint density at radius 2 is 2.09 bits per heavy atom. The molecule has 0 spiro atoms. The van der Waals surface area contributed by atoms with Crippen molar-refractivity contribution in [1.82, 2.24) is 23.9 Å². The summed E-state index contributed by atoms with van der Waals surface area (Å²) in [5.41, 5.74) is -0.0263. The van der Waals surface area contributed by atoms with E-state index in [1.165, 1.54) is 29.4 Å². The maximum Gasteiger partial charge on any atom is 0.330 e. The number of furan rings is 1. The number of nitrogens with zero attached hydrogens (tertiary/aromatic N) is 5. The fraction of sp³-hybridized carbons (Fsp3) is 0.286. The van der Waals surface area contributed by atoms with Crippen LogP contribution >= 0.6 is 11.8 Å². The molecule has 0 aromatic carbocycles. The summed E-state index contributed by atoms with van der Waals surface area (Å²) in [6.07, 6.45) is 3.23. The van der Waals surface area contributed by atoms with Crippen molar-refractivity contribution < 1.29 is 4.42 Å². The molecule has 3 rings (SSSR count). The van der Waals surface area contributed by atoms with Gasteiger partial charge in [-0.2, -0.15) is 0 Å². The second-order valence-electron chi connectivity index (χ2n) is 4.98. The molecule has 9 heteroatoms. The number of rotatable bonds is 5. The van der Waals surface area contributed by atoms with Gasteiger partial charge in [-0.05, 0) is 12.1 Å². The van der Waals surface area contributed by atoms with Gasteiger partial charge in [0.25, 0.3) is 5.56 Å². The summed E-state index contributed by atoms with van der Waals surface area (Å²) in [6, 6.07) is 5.16. The fourth-order valence-electron chi connectivity index (χ4n) is 2.09. The third-order valence-electron chi connectivity index (χ3n) is 3.46. The van der Waals surface area contributed by atoms with E-state index in [1.807, 2.05) is 16.7 Å². The van der Waals surface area contributed by atoms with Gasteiger partial charge in [0.2, 0.25) is 0 Å². The SMILES string of the molecule is Cn1c(CSc2nncn2Cc2ccco2)cc(=O)n(C)c1=O. The highest BCUT2D eigenvalue weighted by Gasteiger charge is 2.10. The zero-order valence-electron chi connectivity index (χ0n) is 12.7. The lowest BCUT2D eigenvalue weighted by atomic mass is 10.4. The minimum atomic E-state index is -0.342. The monoisotopic (exact) mass is 333 g/mol. The van der Waals surface area contributed by atoms with Gasteiger partial charge < -0.3 is 8.98 Å². The second-order valence-corrected chi connectivity index (χ2v) is 5.93. The largest absolute Gasteiger partial charge is 0.467 e. The summed E-state index contributed by atoms with van der Waals surface area (Å²) < 4.78 is 9.70. The molecule has 0 amide bonds. The Hall–Kier alpha value is -2.55. The van der Waals surface area contributed by atoms with Crippen molar-refractivity contribution in [3.8, 4) is 0 Å². The van der Waals surface area contributed by atoms with E-state index < -0.39 is 0 Å². The van der Waals surface area contributed by atoms with E-state index >= 15 is 0 Å². The van der Waals surface area contributed by atoms with Gasteiger partial charge in [-0.3, -0.25) is 13.9 Å². The second kappa shape index (κ2) is 6.29. The highest BCUT2D eigenvalue weighted by atomic mass is 32.2. The van der Waals surface area contributed by atoms with E-state index in [9.17, 15) is 9.59 Å². The van der Waals surface area contributed by atoms with Crippen LogP contribution in [0.3, 0.4) is 0 Å². The smallest absolute Gasteiger partial charge is 0.330 e. The Balaban J connectivity index is 1.79. The lowest BCUT2D eigenvalue weighted by Gasteiger charge is -2.09. The quantitative estimate of drug-likeness (QED) is 0.636. The first-order chi connectivity index (χ1) is 11.1. The zero-order valence-corrected chi connectivity index (χ0v) is 13.5. The lowest BCUT2D eigenvalue weighted by molar-refractivity contribution is 0.484. The maximum absolute atomic E-state index is 11.9. The first-order valence-electron chi connectivity index (χ1n) is 6.85. The third kappa shape index (κ3) is 3.14. The van der Waals surface area contributed by atoms with E-state index in [2.05, 4.69) is 10.2 Å². The van der Waals surface area contributed by atoms with Crippen LogP contribution in [0.4, 0.5) is 0 Å². The van der Waals surface area contributed by atoms with Crippen LogP contribution in [0.15, 0.2) is 50.0 Å². The molecule has 8 nitrogen and oxygen atoms in total. The van der Waals surface area contributed by atoms with Gasteiger partial charge in [0.05, 0.1) is 12.8 Å². The van der Waals surface area contributed by atoms with Gasteiger partial charge in [-0.1, -0.05) is 11.8 Å². The van der Waals surface area contributed by atoms with Crippen LogP contribution in [0.5, 0.6) is 0 Å². The van der Waals surface area contributed by atoms with Crippen LogP contribution in [0.25, 0.3) is 0 Å². The van der Waals surface area contributed by atoms with E-state index in [-0.39, 0.29) is 11.2 Å². The predicted octanol–water partition coefficient (Wildman–Crippen LogP) is 0.609. The van der Waals surface area contributed by atoms with Gasteiger partial charge in [0.15, 0.2) is 5.16 Å². The van der Waals surface area contributed by atoms with E-state index in [0.29, 0.717) is 23.1 Å². The maximum atomic E-state index is 11.9. The van der Waals surface area contributed by atoms with Gasteiger partial charge in [-0.15, -0.1) is 10.2 Å². The Labute approximate surface area is 135 Å². The predicted molar refractivity (Wildman–Crippen MR) is 84.3 cm³/mol. The molecule has 0 saturated heterocycles. The Morgan fingerprint density at radius 1 is 1.26 bits per heavy atom. The van der Waals surface area contributed by atoms with Crippen LogP contribution in [0.2, 0.25) is 0 Å². The number of hydrogen-bond acceptors (Lipinski definition) is 6. The minimum absolute atomic E-state index is 0.319. The first-order valence-corrected chi connectivity index (χ1v) is 7.83. The standard InChI is InChI=1S/C14H15N5O3S/c1-17-10(6-12(20)18(2)14(17)21)8-23-13-16-15-9-19(13)7-11-4-3-5-22-11/h3-6,9H,7-8H2,1-2H3. The Kier molecular flexibility index (Phi) is 4.20. The minimum Gasteiger partial charge on any atom is -0.467 e. The highest BCUT2D eigenvalue weighted by molar-refractivity contribution is 7.98. The number of aromatic nitrogens is 5. The third-order valence-corrected chi connectivity index (χ3v) is 4.48. The summed E-state index contributed by atoms with van der Waals surface area (Å²) in [6.45, 7) is 0.526. The molecule has 0 unspecified atom stereocenters. The van der Waals surface area contributed by atoms with Crippen LogP contribution in [-0.2, 0) is 26.4 Å². The van der Waals surface area contributed by atoms with E-state index in [1.54, 1.807) is 19.6 Å². The molecular formula is C14H15N5O3S. The fourth-order valence-corrected chi connectivity index (χ4v) is 3.03. The summed E-state index contributed by atoms with van der Waals surface area (Å²) >= 11 is 1.41. The number of hydrogen-bond donors (Lipinski definition) is 0. The summed E-state index contributed by atoms with van der Waals surface area (Å²) in [5, 5.41) is 8.66. The van der Waals surface area contributed by atoms with Crippen molar-refractivity contribution in [2.75, 3.05) is 0 Å². The van der Waals surface area contributed by atoms with E-state index in [4.69, 9.17) is 4.42 Å². The first kappa shape index (κ1) is 15.3. The summed E-state index contributed by atoms with van der Waals surface area (Å²) in [5.74, 6) is 1.24. The Bertz CT molecular complexity index is 923. The highest BCUT2D eigenvalue weighted by Crippen LogP contribution is 2.20. The van der Waals surface area contributed by atoms with Crippen LogP contribution in [-0.4, -0.2) is 23.9 Å². The molecule has 0 fully saturated rings. The molecule has 3 aromatic rings.